The van der Waals surface area contributed by atoms with Crippen LogP contribution in [-0.2, 0) is 9.59 Å². The van der Waals surface area contributed by atoms with Gasteiger partial charge in [0.1, 0.15) is 6.04 Å². The van der Waals surface area contributed by atoms with E-state index in [0.717, 1.165) is 49.7 Å². The molecule has 2 fully saturated rings. The summed E-state index contributed by atoms with van der Waals surface area (Å²) in [6, 6.07) is 13.9. The average Bonchev–Trinajstić information content (AvgIpc) is 3.33. The van der Waals surface area contributed by atoms with Crippen molar-refractivity contribution in [1.29, 1.82) is 0 Å². The van der Waals surface area contributed by atoms with Crippen molar-refractivity contribution in [3.63, 3.8) is 0 Å². The molecule has 3 N–H and O–H groups in total. The highest BCUT2D eigenvalue weighted by Gasteiger charge is 2.35. The van der Waals surface area contributed by atoms with Gasteiger partial charge in [0.25, 0.3) is 0 Å². The average molecular weight is 435 g/mol. The second kappa shape index (κ2) is 10.7. The first-order valence-electron chi connectivity index (χ1n) is 11.9. The lowest BCUT2D eigenvalue weighted by molar-refractivity contribution is -0.138. The quantitative estimate of drug-likeness (QED) is 0.700. The number of nitrogens with two attached hydrogens (primary N) is 1. The lowest BCUT2D eigenvalue weighted by atomic mass is 9.86. The molecule has 2 aliphatic rings. The molecule has 2 aromatic rings. The monoisotopic (exact) mass is 434 g/mol. The third-order valence-electron chi connectivity index (χ3n) is 7.00. The largest absolute Gasteiger partial charge is 0.354 e. The van der Waals surface area contributed by atoms with Crippen LogP contribution < -0.4 is 11.1 Å². The maximum Gasteiger partial charge on any atom is 0.242 e. The Morgan fingerprint density at radius 1 is 1.03 bits per heavy atom. The van der Waals surface area contributed by atoms with Crippen LogP contribution in [0.1, 0.15) is 62.0 Å². The zero-order valence-corrected chi connectivity index (χ0v) is 18.7. The zero-order valence-electron chi connectivity index (χ0n) is 18.7. The molecule has 0 spiro atoms. The number of rotatable bonds is 7. The Balaban J connectivity index is 1.40. The van der Waals surface area contributed by atoms with Crippen molar-refractivity contribution in [3.05, 3.63) is 66.0 Å². The molecule has 4 rings (SSSR count). The van der Waals surface area contributed by atoms with Crippen LogP contribution in [0.3, 0.4) is 0 Å². The Bertz CT molecular complexity index is 842. The molecule has 1 aromatic heterocycles. The summed E-state index contributed by atoms with van der Waals surface area (Å²) in [5, 5.41) is 3.13. The van der Waals surface area contributed by atoms with Gasteiger partial charge in [0.05, 0.1) is 0 Å². The molecule has 0 radical (unpaired) electrons. The third kappa shape index (κ3) is 5.54. The van der Waals surface area contributed by atoms with Gasteiger partial charge in [0, 0.05) is 43.9 Å². The lowest BCUT2D eigenvalue weighted by Crippen LogP contribution is -2.47. The van der Waals surface area contributed by atoms with Gasteiger partial charge in [-0.15, -0.1) is 0 Å². The molecule has 1 saturated carbocycles. The SMILES string of the molecule is NC1CCC(CNC(=O)[C@@H]2CCCN2C(=O)C[C@H](c2ccccc2)c2cccnc2)CC1. The molecule has 6 nitrogen and oxygen atoms in total. The number of carbonyl (C=O) groups is 2. The molecule has 6 heteroatoms. The second-order valence-electron chi connectivity index (χ2n) is 9.22. The van der Waals surface area contributed by atoms with Crippen LogP contribution in [-0.4, -0.2) is 46.9 Å². The first-order chi connectivity index (χ1) is 15.6. The second-order valence-corrected chi connectivity index (χ2v) is 9.22. The zero-order chi connectivity index (χ0) is 22.3. The number of benzene rings is 1. The van der Waals surface area contributed by atoms with Gasteiger partial charge in [-0.1, -0.05) is 36.4 Å². The molecule has 2 amide bonds. The summed E-state index contributed by atoms with van der Waals surface area (Å²) >= 11 is 0. The highest BCUT2D eigenvalue weighted by Crippen LogP contribution is 2.30. The number of hydrogen-bond acceptors (Lipinski definition) is 4. The highest BCUT2D eigenvalue weighted by molar-refractivity contribution is 5.88. The van der Waals surface area contributed by atoms with Crippen LogP contribution in [0.2, 0.25) is 0 Å². The Kier molecular flexibility index (Phi) is 7.53. The van der Waals surface area contributed by atoms with E-state index in [2.05, 4.69) is 22.4 Å². The van der Waals surface area contributed by atoms with E-state index >= 15 is 0 Å². The van der Waals surface area contributed by atoms with Crippen LogP contribution >= 0.6 is 0 Å². The fourth-order valence-electron chi connectivity index (χ4n) is 5.08. The smallest absolute Gasteiger partial charge is 0.242 e. The first-order valence-corrected chi connectivity index (χ1v) is 11.9. The molecule has 1 aliphatic carbocycles. The summed E-state index contributed by atoms with van der Waals surface area (Å²) in [5.41, 5.74) is 8.10. The Labute approximate surface area is 190 Å². The van der Waals surface area contributed by atoms with Crippen LogP contribution in [0.5, 0.6) is 0 Å². The summed E-state index contributed by atoms with van der Waals surface area (Å²) in [6.07, 6.45) is 9.70. The van der Waals surface area contributed by atoms with Crippen molar-refractivity contribution in [2.45, 2.75) is 62.9 Å². The summed E-state index contributed by atoms with van der Waals surface area (Å²) in [5.74, 6) is 0.442. The predicted octanol–water partition coefficient (Wildman–Crippen LogP) is 3.23. The molecule has 2 heterocycles. The molecular weight excluding hydrogens is 400 g/mol. The molecule has 170 valence electrons. The number of carbonyl (C=O) groups excluding carboxylic acids is 2. The van der Waals surface area contributed by atoms with Crippen molar-refractivity contribution < 1.29 is 9.59 Å². The van der Waals surface area contributed by atoms with E-state index < -0.39 is 0 Å². The van der Waals surface area contributed by atoms with E-state index in [1.165, 1.54) is 0 Å². The molecule has 2 atom stereocenters. The van der Waals surface area contributed by atoms with Crippen molar-refractivity contribution in [1.82, 2.24) is 15.2 Å². The number of hydrogen-bond donors (Lipinski definition) is 2. The van der Waals surface area contributed by atoms with Crippen LogP contribution in [0.4, 0.5) is 0 Å². The molecule has 1 aliphatic heterocycles. The van der Waals surface area contributed by atoms with Crippen LogP contribution in [0, 0.1) is 5.92 Å². The molecule has 32 heavy (non-hydrogen) atoms. The summed E-state index contributed by atoms with van der Waals surface area (Å²) in [6.45, 7) is 1.33. The number of aromatic nitrogens is 1. The van der Waals surface area contributed by atoms with Crippen LogP contribution in [0.15, 0.2) is 54.9 Å². The van der Waals surface area contributed by atoms with Gasteiger partial charge in [-0.25, -0.2) is 0 Å². The first kappa shape index (κ1) is 22.5. The Morgan fingerprint density at radius 3 is 2.50 bits per heavy atom. The van der Waals surface area contributed by atoms with Crippen molar-refractivity contribution in [2.24, 2.45) is 11.7 Å². The normalized spacial score (nSPS) is 24.2. The molecule has 0 bridgehead atoms. The van der Waals surface area contributed by atoms with Gasteiger partial charge in [0.2, 0.25) is 11.8 Å². The highest BCUT2D eigenvalue weighted by atomic mass is 16.2. The number of nitrogens with zero attached hydrogens (tertiary/aromatic N) is 2. The standard InChI is InChI=1S/C26H34N4O2/c27-22-12-10-19(11-13-22)17-29-26(32)24-9-5-15-30(24)25(31)16-23(20-6-2-1-3-7-20)21-8-4-14-28-18-21/h1-4,6-8,14,18-19,22-24H,5,9-13,15-17,27H2,(H,29,32)/t19?,22?,23-,24+/m1/s1. The van der Waals surface area contributed by atoms with E-state index in [-0.39, 0.29) is 23.8 Å². The number of nitrogens with one attached hydrogen (secondary N) is 1. The fraction of sp³-hybridized carbons (Fsp3) is 0.500. The van der Waals surface area contributed by atoms with Crippen molar-refractivity contribution >= 4 is 11.8 Å². The third-order valence-corrected chi connectivity index (χ3v) is 7.00. The number of amides is 2. The maximum atomic E-state index is 13.4. The van der Waals surface area contributed by atoms with E-state index in [4.69, 9.17) is 5.73 Å². The molecular formula is C26H34N4O2. The summed E-state index contributed by atoms with van der Waals surface area (Å²) in [4.78, 5) is 32.4. The maximum absolute atomic E-state index is 13.4. The minimum atomic E-state index is -0.362. The van der Waals surface area contributed by atoms with Crippen molar-refractivity contribution in [3.8, 4) is 0 Å². The van der Waals surface area contributed by atoms with Crippen LogP contribution in [0.25, 0.3) is 0 Å². The van der Waals surface area contributed by atoms with Gasteiger partial charge in [-0.05, 0) is 61.6 Å². The number of pyridine rings is 1. The summed E-state index contributed by atoms with van der Waals surface area (Å²) in [7, 11) is 0. The van der Waals surface area contributed by atoms with Gasteiger partial charge in [-0.3, -0.25) is 14.6 Å². The van der Waals surface area contributed by atoms with E-state index in [9.17, 15) is 9.59 Å². The fourth-order valence-corrected chi connectivity index (χ4v) is 5.08. The summed E-state index contributed by atoms with van der Waals surface area (Å²) < 4.78 is 0. The topological polar surface area (TPSA) is 88.3 Å². The van der Waals surface area contributed by atoms with Gasteiger partial charge in [0.15, 0.2) is 0 Å². The van der Waals surface area contributed by atoms with E-state index in [1.54, 1.807) is 11.1 Å². The van der Waals surface area contributed by atoms with Gasteiger partial charge < -0.3 is 16.0 Å². The lowest BCUT2D eigenvalue weighted by Gasteiger charge is -2.29. The predicted molar refractivity (Wildman–Crippen MR) is 125 cm³/mol. The Morgan fingerprint density at radius 2 is 1.78 bits per heavy atom. The molecule has 0 unspecified atom stereocenters. The number of likely N-dealkylation sites (tertiary alicyclic amines) is 1. The van der Waals surface area contributed by atoms with E-state index in [1.807, 2.05) is 36.5 Å². The van der Waals surface area contributed by atoms with E-state index in [0.29, 0.717) is 31.5 Å². The Hall–Kier alpha value is -2.73. The van der Waals surface area contributed by atoms with Crippen molar-refractivity contribution in [2.75, 3.05) is 13.1 Å². The minimum Gasteiger partial charge on any atom is -0.354 e. The molecule has 1 aromatic carbocycles. The minimum absolute atomic E-state index is 0.0108. The molecule has 1 saturated heterocycles. The van der Waals surface area contributed by atoms with Gasteiger partial charge in [-0.2, -0.15) is 0 Å². The van der Waals surface area contributed by atoms with Gasteiger partial charge >= 0.3 is 0 Å².